The number of hydrogen-bond donors (Lipinski definition) is 1. The van der Waals surface area contributed by atoms with Crippen LogP contribution in [0.15, 0.2) is 103 Å². The molecular weight excluding hydrogens is 438 g/mol. The number of nitrogens with two attached hydrogens (primary N) is 1. The summed E-state index contributed by atoms with van der Waals surface area (Å²) in [5.74, 6) is 0. The molecule has 0 amide bonds. The van der Waals surface area contributed by atoms with E-state index in [9.17, 15) is 0 Å². The summed E-state index contributed by atoms with van der Waals surface area (Å²) in [6, 6.07) is 37.4. The lowest BCUT2D eigenvalue weighted by molar-refractivity contribution is 1.68. The van der Waals surface area contributed by atoms with Crippen LogP contribution in [0.5, 0.6) is 0 Å². The molecule has 33 heavy (non-hydrogen) atoms. The average Bonchev–Trinajstić information content (AvgIpc) is 3.46. The van der Waals surface area contributed by atoms with Crippen LogP contribution in [0.1, 0.15) is 0 Å². The fourth-order valence-corrected chi connectivity index (χ4v) is 6.84. The van der Waals surface area contributed by atoms with Crippen molar-refractivity contribution in [1.29, 1.82) is 0 Å². The molecule has 156 valence electrons. The molecule has 0 saturated carbocycles. The first kappa shape index (κ1) is 18.9. The van der Waals surface area contributed by atoms with E-state index >= 15 is 0 Å². The van der Waals surface area contributed by atoms with E-state index in [1.807, 2.05) is 34.8 Å². The number of fused-ring (bicyclic) bond motifs is 5. The molecule has 0 fully saturated rings. The summed E-state index contributed by atoms with van der Waals surface area (Å²) in [5.41, 5.74) is 9.17. The Morgan fingerprint density at radius 1 is 0.455 bits per heavy atom. The molecule has 7 aromatic rings. The summed E-state index contributed by atoms with van der Waals surface area (Å²) in [4.78, 5) is 2.59. The monoisotopic (exact) mass is 457 g/mol. The standard InChI is InChI=1S/C30H19NS2/c31-24-10-8-19(9-11-24)28-15-23-13-21-7-6-20-12-22-14-27(18-4-2-1-3-5-18)32-29(22)16-25(20)26(21)17-30(23)33-28/h1-17H,31H2. The minimum absolute atomic E-state index is 0.799. The molecule has 0 aliphatic carbocycles. The molecule has 0 aliphatic heterocycles. The molecular formula is C30H19NS2. The first-order valence-electron chi connectivity index (χ1n) is 11.0. The number of nitrogen functional groups attached to an aromatic ring is 1. The summed E-state index contributed by atoms with van der Waals surface area (Å²) in [6.45, 7) is 0. The number of benzene rings is 5. The van der Waals surface area contributed by atoms with Crippen molar-refractivity contribution in [2.75, 3.05) is 5.73 Å². The molecule has 0 unspecified atom stereocenters. The first-order chi connectivity index (χ1) is 16.2. The molecule has 2 aromatic heterocycles. The number of thiophene rings is 2. The minimum Gasteiger partial charge on any atom is -0.399 e. The van der Waals surface area contributed by atoms with Crippen molar-refractivity contribution in [3.05, 3.63) is 103 Å². The number of rotatable bonds is 2. The fourth-order valence-electron chi connectivity index (χ4n) is 4.67. The summed E-state index contributed by atoms with van der Waals surface area (Å²) >= 11 is 3.72. The quantitative estimate of drug-likeness (QED) is 0.203. The highest BCUT2D eigenvalue weighted by molar-refractivity contribution is 7.22. The van der Waals surface area contributed by atoms with Gasteiger partial charge in [-0.25, -0.2) is 0 Å². The maximum absolute atomic E-state index is 5.88. The summed E-state index contributed by atoms with van der Waals surface area (Å²) < 4.78 is 2.65. The summed E-state index contributed by atoms with van der Waals surface area (Å²) in [7, 11) is 0. The van der Waals surface area contributed by atoms with Gasteiger partial charge in [0.1, 0.15) is 0 Å². The molecule has 0 bridgehead atoms. The molecule has 0 atom stereocenters. The normalized spacial score (nSPS) is 11.8. The Kier molecular flexibility index (Phi) is 4.10. The molecule has 1 nitrogen and oxygen atoms in total. The average molecular weight is 458 g/mol. The van der Waals surface area contributed by atoms with E-state index in [0.717, 1.165) is 5.69 Å². The van der Waals surface area contributed by atoms with Crippen molar-refractivity contribution < 1.29 is 0 Å². The predicted octanol–water partition coefficient (Wildman–Crippen LogP) is 9.34. The SMILES string of the molecule is Nc1ccc(-c2cc3cc4ccc5cc6cc(-c7ccccc7)sc6cc5c4cc3s2)cc1. The van der Waals surface area contributed by atoms with E-state index < -0.39 is 0 Å². The molecule has 3 heteroatoms. The van der Waals surface area contributed by atoms with E-state index in [4.69, 9.17) is 5.73 Å². The van der Waals surface area contributed by atoms with Gasteiger partial charge in [0.05, 0.1) is 0 Å². The Hall–Kier alpha value is -3.66. The largest absolute Gasteiger partial charge is 0.399 e. The van der Waals surface area contributed by atoms with Gasteiger partial charge in [0.25, 0.3) is 0 Å². The molecule has 0 spiro atoms. The maximum Gasteiger partial charge on any atom is 0.0355 e. The van der Waals surface area contributed by atoms with Crippen molar-refractivity contribution in [2.45, 2.75) is 0 Å². The van der Waals surface area contributed by atoms with Gasteiger partial charge in [-0.05, 0) is 92.0 Å². The van der Waals surface area contributed by atoms with E-state index in [1.165, 1.54) is 62.6 Å². The van der Waals surface area contributed by atoms with Gasteiger partial charge in [-0.15, -0.1) is 22.7 Å². The maximum atomic E-state index is 5.88. The van der Waals surface area contributed by atoms with E-state index in [1.54, 1.807) is 0 Å². The van der Waals surface area contributed by atoms with Crippen molar-refractivity contribution in [3.63, 3.8) is 0 Å². The van der Waals surface area contributed by atoms with Crippen LogP contribution in [0.4, 0.5) is 5.69 Å². The van der Waals surface area contributed by atoms with Crippen LogP contribution < -0.4 is 5.73 Å². The van der Waals surface area contributed by atoms with Crippen LogP contribution in [-0.4, -0.2) is 0 Å². The Bertz CT molecular complexity index is 1810. The van der Waals surface area contributed by atoms with Crippen molar-refractivity contribution in [3.8, 4) is 20.9 Å². The van der Waals surface area contributed by atoms with Crippen LogP contribution in [0.25, 0.3) is 62.6 Å². The van der Waals surface area contributed by atoms with Crippen molar-refractivity contribution in [2.24, 2.45) is 0 Å². The molecule has 0 aliphatic rings. The van der Waals surface area contributed by atoms with E-state index in [-0.39, 0.29) is 0 Å². The minimum atomic E-state index is 0.799. The van der Waals surface area contributed by atoms with Crippen LogP contribution in [-0.2, 0) is 0 Å². The molecule has 0 radical (unpaired) electrons. The zero-order valence-corrected chi connectivity index (χ0v) is 19.3. The van der Waals surface area contributed by atoms with Crippen LogP contribution in [0, 0.1) is 0 Å². The topological polar surface area (TPSA) is 26.0 Å². The third-order valence-corrected chi connectivity index (χ3v) is 8.66. The molecule has 7 rings (SSSR count). The van der Waals surface area contributed by atoms with Gasteiger partial charge in [0.2, 0.25) is 0 Å². The lowest BCUT2D eigenvalue weighted by atomic mass is 9.99. The zero-order valence-electron chi connectivity index (χ0n) is 17.7. The lowest BCUT2D eigenvalue weighted by Gasteiger charge is -2.05. The highest BCUT2D eigenvalue weighted by Gasteiger charge is 2.11. The summed E-state index contributed by atoms with van der Waals surface area (Å²) in [5, 5.41) is 7.83. The molecule has 5 aromatic carbocycles. The fraction of sp³-hybridized carbons (Fsp3) is 0. The molecule has 2 heterocycles. The van der Waals surface area contributed by atoms with Crippen LogP contribution >= 0.6 is 22.7 Å². The van der Waals surface area contributed by atoms with Gasteiger partial charge >= 0.3 is 0 Å². The first-order valence-corrected chi connectivity index (χ1v) is 12.6. The van der Waals surface area contributed by atoms with Gasteiger partial charge in [0, 0.05) is 24.8 Å². The van der Waals surface area contributed by atoms with Crippen LogP contribution in [0.3, 0.4) is 0 Å². The number of anilines is 1. The van der Waals surface area contributed by atoms with Gasteiger partial charge in [-0.3, -0.25) is 0 Å². The van der Waals surface area contributed by atoms with Crippen molar-refractivity contribution in [1.82, 2.24) is 0 Å². The molecule has 0 saturated heterocycles. The molecule has 2 N–H and O–H groups in total. The van der Waals surface area contributed by atoms with E-state index in [0.29, 0.717) is 0 Å². The van der Waals surface area contributed by atoms with Crippen molar-refractivity contribution >= 4 is 70.1 Å². The summed E-state index contributed by atoms with van der Waals surface area (Å²) in [6.07, 6.45) is 0. The second-order valence-corrected chi connectivity index (χ2v) is 10.7. The smallest absolute Gasteiger partial charge is 0.0355 e. The third-order valence-electron chi connectivity index (χ3n) is 6.36. The highest BCUT2D eigenvalue weighted by Crippen LogP contribution is 2.40. The third kappa shape index (κ3) is 3.12. The van der Waals surface area contributed by atoms with Crippen LogP contribution in [0.2, 0.25) is 0 Å². The van der Waals surface area contributed by atoms with Gasteiger partial charge in [0.15, 0.2) is 0 Å². The van der Waals surface area contributed by atoms with Gasteiger partial charge < -0.3 is 5.73 Å². The van der Waals surface area contributed by atoms with Gasteiger partial charge in [-0.2, -0.15) is 0 Å². The second-order valence-electron chi connectivity index (χ2n) is 8.50. The number of hydrogen-bond acceptors (Lipinski definition) is 3. The lowest BCUT2D eigenvalue weighted by Crippen LogP contribution is -1.82. The van der Waals surface area contributed by atoms with Gasteiger partial charge in [-0.1, -0.05) is 54.6 Å². The Balaban J connectivity index is 1.43. The Morgan fingerprint density at radius 2 is 0.970 bits per heavy atom. The zero-order chi connectivity index (χ0) is 21.9. The van der Waals surface area contributed by atoms with E-state index in [2.05, 4.69) is 91.0 Å². The predicted molar refractivity (Wildman–Crippen MR) is 148 cm³/mol. The Labute approximate surface area is 199 Å². The Morgan fingerprint density at radius 3 is 1.52 bits per heavy atom. The second kappa shape index (κ2) is 7.17. The highest BCUT2D eigenvalue weighted by atomic mass is 32.1.